The Balaban J connectivity index is 0.000000535. The van der Waals surface area contributed by atoms with Crippen molar-refractivity contribution in [3.8, 4) is 34.0 Å². The number of hydrogen-bond acceptors (Lipinski definition) is 31. The number of rotatable bonds is 17. The van der Waals surface area contributed by atoms with Crippen molar-refractivity contribution in [1.29, 1.82) is 0 Å². The summed E-state index contributed by atoms with van der Waals surface area (Å²) in [6, 6.07) is 35.3. The molecule has 0 saturated carbocycles. The molecule has 43 heteroatoms. The maximum atomic E-state index is 12.2. The van der Waals surface area contributed by atoms with Crippen LogP contribution in [0.1, 0.15) is 183 Å². The van der Waals surface area contributed by atoms with Gasteiger partial charge in [-0.25, -0.2) is 38.4 Å². The normalized spacial score (nSPS) is 10.5. The summed E-state index contributed by atoms with van der Waals surface area (Å²) in [6.07, 6.45) is 5.54. The summed E-state index contributed by atoms with van der Waals surface area (Å²) >= 11 is 4.94. The Hall–Kier alpha value is -14.2. The fraction of sp³-hybridized carbons (Fsp3) is 0.358. The first-order chi connectivity index (χ1) is 63.9. The van der Waals surface area contributed by atoms with Crippen LogP contribution in [0.3, 0.4) is 0 Å². The van der Waals surface area contributed by atoms with Crippen molar-refractivity contribution in [2.45, 2.75) is 159 Å². The van der Waals surface area contributed by atoms with Gasteiger partial charge in [-0.2, -0.15) is 9.59 Å². The summed E-state index contributed by atoms with van der Waals surface area (Å²) in [4.78, 5) is 196. The Morgan fingerprint density at radius 1 is 0.493 bits per heavy atom. The van der Waals surface area contributed by atoms with Crippen LogP contribution in [0.25, 0.3) is 89.1 Å². The number of aromatic nitrogens is 8. The van der Waals surface area contributed by atoms with E-state index in [0.717, 1.165) is 60.6 Å². The molecule has 0 bridgehead atoms. The van der Waals surface area contributed by atoms with Gasteiger partial charge < -0.3 is 100 Å². The summed E-state index contributed by atoms with van der Waals surface area (Å²) in [5.41, 5.74) is 14.8. The number of H-pyrrole nitrogens is 3. The van der Waals surface area contributed by atoms with E-state index < -0.39 is 86.6 Å². The number of oxazole rings is 6. The number of ketones is 1. The second kappa shape index (κ2) is 56.3. The van der Waals surface area contributed by atoms with Crippen molar-refractivity contribution in [1.82, 2.24) is 37.8 Å². The fourth-order valence-corrected chi connectivity index (χ4v) is 12.4. The van der Waals surface area contributed by atoms with Gasteiger partial charge in [0.2, 0.25) is 5.24 Å². The minimum Gasteiger partial charge on any atom is -1.00 e. The Morgan fingerprint density at radius 3 is 1.19 bits per heavy atom. The first-order valence-electron chi connectivity index (χ1n) is 42.1. The standard InChI is InChI=1S/C17H16N2O6.C16H14N2O6.C16H22N2O2.C12H13NO3.C8H7NO2.C7H5NO2.C6H10O4.C4H7ClO.C4H11N.C4H8O2.CO2.HI.Li/c1-4-9-13(18-15(21)12(14(9)20)16(22)24-3)8-5-6-10-11(7-8)25-17(23)19(10)2;1-3-8-12(17-14(20)11(13(8)19)15(21)22)7-4-5-9-10(6-7)24-16(23)18(9)2;1-6-7-12(17-16(2,3)4)11-8-9-13-14(10-11)20-15(19)18(13)5;1-3-4-10(14)8-5-6-9-11(7-8)16-12(15)13(9)2;1-9-6-4-2-3-5-7(6)11-8(9)10;9-7-8-5-3-1-2-4-6(5)10-7;1-4(5(7)9-2)6(8)10-3;1-2-3-4(5)6;1-4(2,3)5;1-3-6-4(2)5;2-1-3;;/h5-7H,4H2,1-3H3,(H2,18,20,21);4-6H,3H2,1-2H3,(H,21,22)(H2,17,19,20);8-10H,6-7H2,1-5H3;5-7H,3-4H2,1-2H3;2-5H,1H3;1-4H,(H,8,9);4H,1-3H3;2-3H2,1H3;5H2,1-3H3;3H2,1-2H3;;1H;/q;;;;;;;;;;;;+1/p-1. The van der Waals surface area contributed by atoms with E-state index in [1.165, 1.54) is 50.9 Å². The summed E-state index contributed by atoms with van der Waals surface area (Å²) in [6.45, 7) is 26.8. The third-order valence-electron chi connectivity index (χ3n) is 18.7. The molecule has 0 aliphatic heterocycles. The van der Waals surface area contributed by atoms with E-state index in [2.05, 4.69) is 61.6 Å². The zero-order valence-electron chi connectivity index (χ0n) is 80.9. The number of carboxylic acid groups (broad SMARTS) is 1. The number of esters is 4. The molecule has 0 amide bonds. The Morgan fingerprint density at radius 2 is 0.848 bits per heavy atom. The molecule has 40 nitrogen and oxygen atoms in total. The molecule has 0 saturated heterocycles. The third kappa shape index (κ3) is 34.5. The van der Waals surface area contributed by atoms with Crippen molar-refractivity contribution < 1.29 is 147 Å². The van der Waals surface area contributed by atoms with E-state index in [1.54, 1.807) is 129 Å². The van der Waals surface area contributed by atoms with Gasteiger partial charge in [0, 0.05) is 94.1 Å². The SMILES string of the molecule is CC(C)(C)N.CCCC(=NC(C)(C)C)c1ccc2c(c1)oc(=O)n2C.CCCC(=O)Cl.CCCC(=O)c1ccc2c(c1)oc(=O)n2C.CCOC(C)=O.CCc1c(-c2ccc3c(c2)oc(=O)n3C)[nH]c(=O)c(C(=O)O)c1O.CCc1c(-c2ccc3c(c2)oc(=O)n3C)[nH]c(=O)c(C(=O)OC)c1O.COC(=O)C(C)C(=O)OC.Cn1c(=O)oc2ccccc21.O=C=O.O=c1[nH]c2ccccc2o1.[I-].[Li+]. The van der Waals surface area contributed by atoms with Gasteiger partial charge in [0.1, 0.15) is 11.5 Å². The summed E-state index contributed by atoms with van der Waals surface area (Å²) in [5, 5.41) is 29.4. The number of nitrogens with one attached hydrogen (secondary N) is 3. The topological polar surface area (TPSA) is 577 Å². The van der Waals surface area contributed by atoms with Gasteiger partial charge in [0.15, 0.2) is 56.3 Å². The van der Waals surface area contributed by atoms with E-state index in [9.17, 15) is 82.1 Å². The number of aromatic hydroxyl groups is 2. The minimum atomic E-state index is -1.50. The molecular weight excluding hydrogens is 1930 g/mol. The minimum absolute atomic E-state index is 0. The van der Waals surface area contributed by atoms with Crippen LogP contribution in [0, 0.1) is 5.92 Å². The van der Waals surface area contributed by atoms with Crippen LogP contribution in [0.5, 0.6) is 11.5 Å². The molecule has 8 N–H and O–H groups in total. The maximum Gasteiger partial charge on any atom is 1.00 e. The molecule has 8 heterocycles. The van der Waals surface area contributed by atoms with Crippen molar-refractivity contribution in [2.24, 2.45) is 51.9 Å². The Labute approximate surface area is 822 Å². The van der Waals surface area contributed by atoms with Gasteiger partial charge in [-0.15, -0.1) is 0 Å². The predicted molar refractivity (Wildman–Crippen MR) is 507 cm³/mol. The van der Waals surface area contributed by atoms with Crippen molar-refractivity contribution >= 4 is 131 Å². The molecule has 14 rings (SSSR count). The van der Waals surface area contributed by atoms with Crippen LogP contribution in [0.2, 0.25) is 0 Å². The van der Waals surface area contributed by atoms with Gasteiger partial charge in [0.05, 0.1) is 78.0 Å². The van der Waals surface area contributed by atoms with Crippen LogP contribution in [-0.4, -0.2) is 145 Å². The third-order valence-corrected chi connectivity index (χ3v) is 18.8. The number of hydrogen-bond donors (Lipinski definition) is 7. The predicted octanol–water partition coefficient (Wildman–Crippen LogP) is 7.14. The number of nitrogens with two attached hydrogens (primary N) is 1. The number of Topliss-reactive ketones (excluding diaryl/α,β-unsaturated/α-hetero) is 1. The molecule has 0 spiro atoms. The number of methoxy groups -OCH3 is 3. The molecule has 0 fully saturated rings. The van der Waals surface area contributed by atoms with E-state index in [0.29, 0.717) is 122 Å². The molecule has 0 radical (unpaired) electrons. The molecule has 14 aromatic rings. The van der Waals surface area contributed by atoms with E-state index in [1.807, 2.05) is 83.1 Å². The van der Waals surface area contributed by atoms with E-state index >= 15 is 0 Å². The number of carbonyl (C=O) groups is 7. The summed E-state index contributed by atoms with van der Waals surface area (Å²) in [7, 11) is 11.8. The molecule has 0 aliphatic carbocycles. The molecule has 0 atom stereocenters. The van der Waals surface area contributed by atoms with Crippen LogP contribution in [0.15, 0.2) is 191 Å². The van der Waals surface area contributed by atoms with E-state index in [4.69, 9.17) is 63.5 Å². The smallest absolute Gasteiger partial charge is 1.00 e. The fourth-order valence-electron chi connectivity index (χ4n) is 12.2. The Kier molecular flexibility index (Phi) is 48.9. The number of pyridine rings is 2. The number of nitrogens with zero attached hydrogens (tertiary/aromatic N) is 6. The number of aromatic amines is 3. The summed E-state index contributed by atoms with van der Waals surface area (Å²) < 4.78 is 54.9. The molecule has 8 aromatic heterocycles. The molecule has 0 unspecified atom stereocenters. The van der Waals surface area contributed by atoms with Gasteiger partial charge in [-0.05, 0) is 184 Å². The average Bonchev–Trinajstić information content (AvgIpc) is 1.41. The number of para-hydroxylation sites is 4. The second-order valence-electron chi connectivity index (χ2n) is 31.3. The number of halogens is 2. The Bertz CT molecular complexity index is 7060. The number of carboxylic acids is 1. The largest absolute Gasteiger partial charge is 1.00 e. The maximum absolute atomic E-state index is 12.2. The van der Waals surface area contributed by atoms with Crippen LogP contribution >= 0.6 is 11.6 Å². The number of benzene rings is 6. The average molecular weight is 2040 g/mol. The zero-order valence-corrected chi connectivity index (χ0v) is 83.8. The van der Waals surface area contributed by atoms with Crippen molar-refractivity contribution in [3.63, 3.8) is 0 Å². The first-order valence-corrected chi connectivity index (χ1v) is 42.5. The number of ether oxygens (including phenoxy) is 4. The van der Waals surface area contributed by atoms with E-state index in [-0.39, 0.29) is 88.6 Å². The first kappa shape index (κ1) is 120. The number of aliphatic imine (C=N–C) groups is 1. The molecule has 0 aliphatic rings. The number of carbonyl (C=O) groups excluding carboxylic acids is 8. The number of fused-ring (bicyclic) bond motifs is 6. The quantitative estimate of drug-likeness (QED) is 0.00696. The summed E-state index contributed by atoms with van der Waals surface area (Å²) in [5.74, 6) is -7.97. The van der Waals surface area contributed by atoms with Gasteiger partial charge in [-0.1, -0.05) is 83.5 Å². The molecular formula is C95H113ClILiN10O30. The monoisotopic (exact) mass is 2040 g/mol. The molecule has 6 aromatic carbocycles. The van der Waals surface area contributed by atoms with Gasteiger partial charge in [-0.3, -0.25) is 66.4 Å². The van der Waals surface area contributed by atoms with Gasteiger partial charge in [0.25, 0.3) is 11.1 Å². The second-order valence-corrected chi connectivity index (χ2v) is 31.7. The van der Waals surface area contributed by atoms with Crippen molar-refractivity contribution in [3.05, 3.63) is 239 Å². The number of aromatic carboxylic acids is 1. The zero-order chi connectivity index (χ0) is 103. The van der Waals surface area contributed by atoms with Crippen LogP contribution < -0.4 is 94.2 Å². The number of aryl methyl sites for hydroxylation is 5. The molecule has 138 heavy (non-hydrogen) atoms. The van der Waals surface area contributed by atoms with Crippen LogP contribution in [0.4, 0.5) is 0 Å². The van der Waals surface area contributed by atoms with Crippen molar-refractivity contribution in [2.75, 3.05) is 27.9 Å². The van der Waals surface area contributed by atoms with Crippen LogP contribution in [-0.2, 0) is 95.8 Å². The van der Waals surface area contributed by atoms with Gasteiger partial charge >= 0.3 is 89.4 Å². The molecule has 738 valence electrons.